The van der Waals surface area contributed by atoms with E-state index in [1.54, 1.807) is 0 Å². The number of ether oxygens (including phenoxy) is 1. The van der Waals surface area contributed by atoms with Crippen molar-refractivity contribution in [3.05, 3.63) is 63.4 Å². The summed E-state index contributed by atoms with van der Waals surface area (Å²) >= 11 is 5.71. The molecule has 2 aromatic carbocycles. The molecule has 0 spiro atoms. The van der Waals surface area contributed by atoms with Gasteiger partial charge in [0.05, 0.1) is 9.82 Å². The number of rotatable bonds is 8. The average Bonchev–Trinajstić information content (AvgIpc) is 2.68. The van der Waals surface area contributed by atoms with Crippen LogP contribution in [0.4, 0.5) is 15.8 Å². The molecule has 1 N–H and O–H groups in total. The standard InChI is InChI=1S/C17H15ClFN3O7S/c1-21(30(27,28)13-5-2-11(18)3-6-13)9-17(24)29-10-16(23)20-12-4-7-14(19)15(8-12)22(25)26/h2-8H,9-10H2,1H3,(H,20,23). The molecule has 0 bridgehead atoms. The number of carbonyl (C=O) groups excluding carboxylic acids is 2. The molecule has 0 aliphatic carbocycles. The number of halogens is 2. The number of carbonyl (C=O) groups is 2. The molecule has 0 aromatic heterocycles. The SMILES string of the molecule is CN(CC(=O)OCC(=O)Nc1ccc(F)c([N+](=O)[O-])c1)S(=O)(=O)c1ccc(Cl)cc1. The van der Waals surface area contributed by atoms with Gasteiger partial charge < -0.3 is 10.1 Å². The Labute approximate surface area is 175 Å². The van der Waals surface area contributed by atoms with Gasteiger partial charge in [0.2, 0.25) is 15.8 Å². The smallest absolute Gasteiger partial charge is 0.321 e. The molecule has 0 aliphatic rings. The minimum atomic E-state index is -3.98. The second-order valence-electron chi connectivity index (χ2n) is 5.85. The Morgan fingerprint density at radius 1 is 1.23 bits per heavy atom. The maximum absolute atomic E-state index is 13.3. The minimum Gasteiger partial charge on any atom is -0.455 e. The van der Waals surface area contributed by atoms with Gasteiger partial charge >= 0.3 is 11.7 Å². The van der Waals surface area contributed by atoms with Gasteiger partial charge in [-0.15, -0.1) is 0 Å². The number of amides is 1. The largest absolute Gasteiger partial charge is 0.455 e. The number of anilines is 1. The van der Waals surface area contributed by atoms with Gasteiger partial charge in [0.15, 0.2) is 6.61 Å². The first-order chi connectivity index (χ1) is 14.0. The zero-order valence-electron chi connectivity index (χ0n) is 15.4. The summed E-state index contributed by atoms with van der Waals surface area (Å²) in [6, 6.07) is 8.01. The molecule has 0 atom stereocenters. The molecule has 30 heavy (non-hydrogen) atoms. The number of likely N-dealkylation sites (N-methyl/N-ethyl adjacent to an activating group) is 1. The van der Waals surface area contributed by atoms with E-state index < -0.39 is 51.5 Å². The monoisotopic (exact) mass is 459 g/mol. The summed E-state index contributed by atoms with van der Waals surface area (Å²) in [5.41, 5.74) is -0.912. The van der Waals surface area contributed by atoms with Crippen molar-refractivity contribution < 1.29 is 32.1 Å². The third-order valence-corrected chi connectivity index (χ3v) is 5.73. The van der Waals surface area contributed by atoms with Crippen LogP contribution in [-0.4, -0.2) is 49.7 Å². The van der Waals surface area contributed by atoms with Crippen molar-refractivity contribution in [2.45, 2.75) is 4.90 Å². The average molecular weight is 460 g/mol. The first-order valence-corrected chi connectivity index (χ1v) is 9.94. The van der Waals surface area contributed by atoms with Crippen molar-refractivity contribution in [3.8, 4) is 0 Å². The third-order valence-electron chi connectivity index (χ3n) is 3.66. The summed E-state index contributed by atoms with van der Waals surface area (Å²) in [7, 11) is -2.83. The highest BCUT2D eigenvalue weighted by molar-refractivity contribution is 7.89. The lowest BCUT2D eigenvalue weighted by molar-refractivity contribution is -0.387. The zero-order chi connectivity index (χ0) is 22.5. The highest BCUT2D eigenvalue weighted by Gasteiger charge is 2.24. The number of nitrogens with one attached hydrogen (secondary N) is 1. The molecule has 0 radical (unpaired) electrons. The van der Waals surface area contributed by atoms with Gasteiger partial charge in [-0.2, -0.15) is 8.70 Å². The predicted molar refractivity (Wildman–Crippen MR) is 104 cm³/mol. The van der Waals surface area contributed by atoms with E-state index >= 15 is 0 Å². The van der Waals surface area contributed by atoms with E-state index in [-0.39, 0.29) is 10.6 Å². The van der Waals surface area contributed by atoms with Gasteiger partial charge in [-0.3, -0.25) is 19.7 Å². The van der Waals surface area contributed by atoms with Crippen molar-refractivity contribution in [3.63, 3.8) is 0 Å². The van der Waals surface area contributed by atoms with Gasteiger partial charge in [0.25, 0.3) is 5.91 Å². The molecular formula is C17H15ClFN3O7S. The Morgan fingerprint density at radius 3 is 2.47 bits per heavy atom. The fraction of sp³-hybridized carbons (Fsp3) is 0.176. The molecule has 0 heterocycles. The Balaban J connectivity index is 1.91. The van der Waals surface area contributed by atoms with Crippen LogP contribution in [0.25, 0.3) is 0 Å². The maximum Gasteiger partial charge on any atom is 0.321 e. The molecule has 0 aliphatic heterocycles. The molecular weight excluding hydrogens is 445 g/mol. The van der Waals surface area contributed by atoms with E-state index in [1.807, 2.05) is 0 Å². The Morgan fingerprint density at radius 2 is 1.87 bits per heavy atom. The number of nitro benzene ring substituents is 1. The van der Waals surface area contributed by atoms with Gasteiger partial charge in [-0.25, -0.2) is 8.42 Å². The molecule has 160 valence electrons. The van der Waals surface area contributed by atoms with Crippen LogP contribution >= 0.6 is 11.6 Å². The van der Waals surface area contributed by atoms with Crippen molar-refractivity contribution in [2.24, 2.45) is 0 Å². The number of nitro groups is 1. The van der Waals surface area contributed by atoms with Crippen LogP contribution in [0, 0.1) is 15.9 Å². The number of nitrogens with zero attached hydrogens (tertiary/aromatic N) is 2. The first-order valence-electron chi connectivity index (χ1n) is 8.12. The summed E-state index contributed by atoms with van der Waals surface area (Å²) in [5, 5.41) is 13.2. The van der Waals surface area contributed by atoms with E-state index in [4.69, 9.17) is 16.3 Å². The predicted octanol–water partition coefficient (Wildman–Crippen LogP) is 2.19. The Hall–Kier alpha value is -3.09. The lowest BCUT2D eigenvalue weighted by Crippen LogP contribution is -2.34. The molecule has 10 nitrogen and oxygen atoms in total. The van der Waals surface area contributed by atoms with Crippen LogP contribution in [-0.2, 0) is 24.3 Å². The van der Waals surface area contributed by atoms with Gasteiger partial charge in [-0.05, 0) is 36.4 Å². The lowest BCUT2D eigenvalue weighted by atomic mass is 10.2. The maximum atomic E-state index is 13.3. The van der Waals surface area contributed by atoms with Crippen LogP contribution in [0.15, 0.2) is 47.4 Å². The number of hydrogen-bond acceptors (Lipinski definition) is 7. The second-order valence-corrected chi connectivity index (χ2v) is 8.33. The van der Waals surface area contributed by atoms with Crippen LogP contribution in [0.5, 0.6) is 0 Å². The second kappa shape index (κ2) is 9.61. The summed E-state index contributed by atoms with van der Waals surface area (Å²) in [6.07, 6.45) is 0. The lowest BCUT2D eigenvalue weighted by Gasteiger charge is -2.16. The topological polar surface area (TPSA) is 136 Å². The van der Waals surface area contributed by atoms with Gasteiger partial charge in [0.1, 0.15) is 6.54 Å². The highest BCUT2D eigenvalue weighted by atomic mass is 35.5. The Bertz CT molecular complexity index is 1080. The Kier molecular flexibility index (Phi) is 7.43. The molecule has 0 saturated carbocycles. The van der Waals surface area contributed by atoms with E-state index in [0.29, 0.717) is 5.02 Å². The van der Waals surface area contributed by atoms with Crippen LogP contribution in [0.2, 0.25) is 5.02 Å². The summed E-state index contributed by atoms with van der Waals surface area (Å²) in [4.78, 5) is 33.3. The van der Waals surface area contributed by atoms with Crippen molar-refractivity contribution >= 4 is 44.9 Å². The van der Waals surface area contributed by atoms with E-state index in [1.165, 1.54) is 24.3 Å². The number of benzene rings is 2. The molecule has 1 amide bonds. The molecule has 0 saturated heterocycles. The molecule has 0 fully saturated rings. The van der Waals surface area contributed by atoms with Crippen molar-refractivity contribution in [1.29, 1.82) is 0 Å². The van der Waals surface area contributed by atoms with Crippen molar-refractivity contribution in [1.82, 2.24) is 4.31 Å². The van der Waals surface area contributed by atoms with E-state index in [9.17, 15) is 32.5 Å². The summed E-state index contributed by atoms with van der Waals surface area (Å²) in [6.45, 7) is -1.45. The third kappa shape index (κ3) is 5.95. The van der Waals surface area contributed by atoms with Crippen molar-refractivity contribution in [2.75, 3.05) is 25.5 Å². The van der Waals surface area contributed by atoms with E-state index in [2.05, 4.69) is 5.32 Å². The fourth-order valence-electron chi connectivity index (χ4n) is 2.17. The fourth-order valence-corrected chi connectivity index (χ4v) is 3.41. The number of hydrogen-bond donors (Lipinski definition) is 1. The molecule has 13 heteroatoms. The van der Waals surface area contributed by atoms with Gasteiger partial charge in [0, 0.05) is 23.8 Å². The number of esters is 1. The first kappa shape index (κ1) is 23.2. The molecule has 0 unspecified atom stereocenters. The molecule has 2 aromatic rings. The van der Waals surface area contributed by atoms with Crippen LogP contribution < -0.4 is 5.32 Å². The normalized spacial score (nSPS) is 11.2. The highest BCUT2D eigenvalue weighted by Crippen LogP contribution is 2.21. The van der Waals surface area contributed by atoms with Crippen LogP contribution in [0.1, 0.15) is 0 Å². The number of sulfonamides is 1. The minimum absolute atomic E-state index is 0.0772. The van der Waals surface area contributed by atoms with E-state index in [0.717, 1.165) is 29.6 Å². The van der Waals surface area contributed by atoms with Crippen LogP contribution in [0.3, 0.4) is 0 Å². The molecule has 2 rings (SSSR count). The quantitative estimate of drug-likeness (QED) is 0.363. The zero-order valence-corrected chi connectivity index (χ0v) is 16.9. The summed E-state index contributed by atoms with van der Waals surface area (Å²) < 4.78 is 43.5. The van der Waals surface area contributed by atoms with Gasteiger partial charge in [-0.1, -0.05) is 11.6 Å². The summed E-state index contributed by atoms with van der Waals surface area (Å²) in [5.74, 6) is -2.93.